The molecule has 118 valence electrons. The standard InChI is InChI=1S/C11H12FN5O5/c12-11-15-8(13)5-9(16-11)17(2-14-5)10-7(20)6(19)4(22-10)1-21-3-18/h2-4,6-7,10,19-20H,1H2,(H2,13,15,16)/t4-,6-,7+,10-/m1/s1. The molecule has 0 saturated carbocycles. The second-order valence-electron chi connectivity index (χ2n) is 4.68. The number of fused-ring (bicyclic) bond motifs is 1. The number of halogens is 1. The molecule has 1 aliphatic heterocycles. The molecule has 0 radical (unpaired) electrons. The van der Waals surface area contributed by atoms with E-state index in [4.69, 9.17) is 10.5 Å². The van der Waals surface area contributed by atoms with Crippen molar-refractivity contribution in [2.75, 3.05) is 12.3 Å². The Morgan fingerprint density at radius 1 is 1.45 bits per heavy atom. The summed E-state index contributed by atoms with van der Waals surface area (Å²) in [6.07, 6.45) is -4.50. The summed E-state index contributed by atoms with van der Waals surface area (Å²) in [4.78, 5) is 21.1. The van der Waals surface area contributed by atoms with Crippen molar-refractivity contribution in [2.24, 2.45) is 0 Å². The van der Waals surface area contributed by atoms with Crippen molar-refractivity contribution >= 4 is 23.5 Å². The van der Waals surface area contributed by atoms with Crippen LogP contribution in [0.15, 0.2) is 6.33 Å². The molecule has 1 fully saturated rings. The molecule has 0 bridgehead atoms. The number of aliphatic hydroxyl groups is 2. The number of rotatable bonds is 4. The highest BCUT2D eigenvalue weighted by molar-refractivity contribution is 5.81. The molecule has 22 heavy (non-hydrogen) atoms. The van der Waals surface area contributed by atoms with Crippen LogP contribution in [0.2, 0.25) is 0 Å². The third kappa shape index (κ3) is 2.24. The summed E-state index contributed by atoms with van der Waals surface area (Å²) in [5, 5.41) is 20.0. The largest absolute Gasteiger partial charge is 0.465 e. The van der Waals surface area contributed by atoms with Crippen LogP contribution in [-0.2, 0) is 14.3 Å². The number of ether oxygens (including phenoxy) is 2. The minimum absolute atomic E-state index is 0.0122. The number of carbonyl (C=O) groups excluding carboxylic acids is 1. The summed E-state index contributed by atoms with van der Waals surface area (Å²) < 4.78 is 24.5. The van der Waals surface area contributed by atoms with Crippen LogP contribution in [0.1, 0.15) is 6.23 Å². The fourth-order valence-corrected chi connectivity index (χ4v) is 2.33. The third-order valence-electron chi connectivity index (χ3n) is 3.36. The van der Waals surface area contributed by atoms with Crippen molar-refractivity contribution in [3.8, 4) is 0 Å². The van der Waals surface area contributed by atoms with Crippen molar-refractivity contribution < 1.29 is 28.9 Å². The Balaban J connectivity index is 1.96. The lowest BCUT2D eigenvalue weighted by Crippen LogP contribution is -2.33. The van der Waals surface area contributed by atoms with Gasteiger partial charge in [-0.1, -0.05) is 0 Å². The molecule has 4 N–H and O–H groups in total. The summed E-state index contributed by atoms with van der Waals surface area (Å²) in [5.74, 6) is -0.157. The van der Waals surface area contributed by atoms with E-state index in [-0.39, 0.29) is 30.1 Å². The van der Waals surface area contributed by atoms with Gasteiger partial charge in [0, 0.05) is 0 Å². The van der Waals surface area contributed by atoms with Gasteiger partial charge in [-0.15, -0.1) is 0 Å². The molecular formula is C11H12FN5O5. The van der Waals surface area contributed by atoms with Crippen LogP contribution in [0.5, 0.6) is 0 Å². The van der Waals surface area contributed by atoms with Crippen LogP contribution in [0.4, 0.5) is 10.2 Å². The molecule has 11 heteroatoms. The lowest BCUT2D eigenvalue weighted by molar-refractivity contribution is -0.135. The van der Waals surface area contributed by atoms with Crippen LogP contribution < -0.4 is 5.73 Å². The van der Waals surface area contributed by atoms with Gasteiger partial charge >= 0.3 is 6.08 Å². The van der Waals surface area contributed by atoms with E-state index in [1.165, 1.54) is 10.9 Å². The number of nitrogen functional groups attached to an aromatic ring is 1. The fourth-order valence-electron chi connectivity index (χ4n) is 2.33. The minimum Gasteiger partial charge on any atom is -0.465 e. The summed E-state index contributed by atoms with van der Waals surface area (Å²) in [5.41, 5.74) is 5.70. The van der Waals surface area contributed by atoms with Crippen LogP contribution in [0.3, 0.4) is 0 Å². The van der Waals surface area contributed by atoms with Gasteiger partial charge in [0.1, 0.15) is 24.9 Å². The molecule has 0 amide bonds. The van der Waals surface area contributed by atoms with E-state index in [0.717, 1.165) is 0 Å². The molecular weight excluding hydrogens is 301 g/mol. The van der Waals surface area contributed by atoms with Gasteiger partial charge in [0.15, 0.2) is 23.2 Å². The second kappa shape index (κ2) is 5.44. The van der Waals surface area contributed by atoms with Crippen molar-refractivity contribution in [1.82, 2.24) is 19.5 Å². The Bertz CT molecular complexity index is 709. The highest BCUT2D eigenvalue weighted by atomic mass is 19.1. The zero-order valence-electron chi connectivity index (χ0n) is 11.0. The summed E-state index contributed by atoms with van der Waals surface area (Å²) in [7, 11) is 0. The van der Waals surface area contributed by atoms with Crippen molar-refractivity contribution in [3.05, 3.63) is 12.4 Å². The molecule has 0 spiro atoms. The van der Waals surface area contributed by atoms with E-state index >= 15 is 0 Å². The molecule has 3 heterocycles. The number of anilines is 1. The van der Waals surface area contributed by atoms with E-state index in [1.54, 1.807) is 0 Å². The minimum atomic E-state index is -1.35. The van der Waals surface area contributed by atoms with E-state index in [1.807, 2.05) is 0 Å². The molecule has 1 aliphatic rings. The molecule has 0 aromatic carbocycles. The maximum Gasteiger partial charge on any atom is 0.312 e. The highest BCUT2D eigenvalue weighted by Gasteiger charge is 2.44. The van der Waals surface area contributed by atoms with E-state index in [9.17, 15) is 19.4 Å². The van der Waals surface area contributed by atoms with Crippen LogP contribution in [-0.4, -0.2) is 61.1 Å². The molecule has 10 nitrogen and oxygen atoms in total. The van der Waals surface area contributed by atoms with E-state index in [2.05, 4.69) is 19.7 Å². The second-order valence-corrected chi connectivity index (χ2v) is 4.68. The molecule has 2 aromatic rings. The number of nitrogens with zero attached hydrogens (tertiary/aromatic N) is 4. The van der Waals surface area contributed by atoms with Crippen molar-refractivity contribution in [3.63, 3.8) is 0 Å². The van der Waals surface area contributed by atoms with E-state index in [0.29, 0.717) is 0 Å². The third-order valence-corrected chi connectivity index (χ3v) is 3.36. The molecule has 0 aliphatic carbocycles. The first kappa shape index (κ1) is 14.6. The monoisotopic (exact) mass is 313 g/mol. The molecule has 4 atom stereocenters. The van der Waals surface area contributed by atoms with Crippen LogP contribution in [0, 0.1) is 6.08 Å². The zero-order valence-corrected chi connectivity index (χ0v) is 11.0. The average molecular weight is 313 g/mol. The lowest BCUT2D eigenvalue weighted by Gasteiger charge is -2.16. The van der Waals surface area contributed by atoms with Crippen LogP contribution >= 0.6 is 0 Å². The van der Waals surface area contributed by atoms with Crippen molar-refractivity contribution in [1.29, 1.82) is 0 Å². The summed E-state index contributed by atoms with van der Waals surface area (Å²) >= 11 is 0. The molecule has 1 saturated heterocycles. The maximum absolute atomic E-state index is 13.3. The van der Waals surface area contributed by atoms with Gasteiger partial charge in [0.25, 0.3) is 6.47 Å². The predicted molar refractivity (Wildman–Crippen MR) is 67.6 cm³/mol. The predicted octanol–water partition coefficient (Wildman–Crippen LogP) is -1.66. The maximum atomic E-state index is 13.3. The number of aliphatic hydroxyl groups excluding tert-OH is 2. The zero-order chi connectivity index (χ0) is 15.9. The molecule has 3 rings (SSSR count). The fraction of sp³-hybridized carbons (Fsp3) is 0.455. The first-order valence-corrected chi connectivity index (χ1v) is 6.25. The van der Waals surface area contributed by atoms with Gasteiger partial charge in [-0.25, -0.2) is 4.98 Å². The van der Waals surface area contributed by atoms with E-state index < -0.39 is 30.6 Å². The number of hydrogen-bond acceptors (Lipinski definition) is 9. The van der Waals surface area contributed by atoms with Gasteiger partial charge in [-0.2, -0.15) is 14.4 Å². The van der Waals surface area contributed by atoms with Crippen LogP contribution in [0.25, 0.3) is 11.2 Å². The Hall–Kier alpha value is -2.37. The quantitative estimate of drug-likeness (QED) is 0.446. The first-order valence-electron chi connectivity index (χ1n) is 6.25. The SMILES string of the molecule is Nc1nc(F)nc2c1ncn2[C@@H]1O[C@H](COC=O)[C@@H](O)[C@@H]1O. The molecule has 2 aromatic heterocycles. The van der Waals surface area contributed by atoms with Gasteiger partial charge in [-0.05, 0) is 0 Å². The Morgan fingerprint density at radius 2 is 2.23 bits per heavy atom. The lowest BCUT2D eigenvalue weighted by atomic mass is 10.1. The van der Waals surface area contributed by atoms with Gasteiger partial charge in [0.05, 0.1) is 6.33 Å². The average Bonchev–Trinajstić information content (AvgIpc) is 3.00. The number of hydrogen-bond donors (Lipinski definition) is 3. The van der Waals surface area contributed by atoms with Gasteiger partial charge in [-0.3, -0.25) is 9.36 Å². The Labute approximate surface area is 122 Å². The highest BCUT2D eigenvalue weighted by Crippen LogP contribution is 2.32. The Morgan fingerprint density at radius 3 is 2.95 bits per heavy atom. The van der Waals surface area contributed by atoms with Gasteiger partial charge in [0.2, 0.25) is 0 Å². The smallest absolute Gasteiger partial charge is 0.312 e. The van der Waals surface area contributed by atoms with Crippen molar-refractivity contribution in [2.45, 2.75) is 24.5 Å². The normalized spacial score (nSPS) is 28.1. The van der Waals surface area contributed by atoms with Gasteiger partial charge < -0.3 is 25.4 Å². The number of aromatic nitrogens is 4. The number of nitrogens with two attached hydrogens (primary N) is 1. The summed E-state index contributed by atoms with van der Waals surface area (Å²) in [6.45, 7) is -0.0396. The topological polar surface area (TPSA) is 146 Å². The Kier molecular flexibility index (Phi) is 3.60. The first-order chi connectivity index (χ1) is 10.5. The number of carbonyl (C=O) groups is 1. The number of imidazole rings is 1. The molecule has 0 unspecified atom stereocenters. The summed E-state index contributed by atoms with van der Waals surface area (Å²) in [6, 6.07) is 0.